The zero-order valence-electron chi connectivity index (χ0n) is 13.5. The molecule has 24 heavy (non-hydrogen) atoms. The number of amides is 1. The van der Waals surface area contributed by atoms with Crippen molar-refractivity contribution >= 4 is 11.8 Å². The molecular formula is C19H18N2O3. The predicted molar refractivity (Wildman–Crippen MR) is 91.6 cm³/mol. The number of carbonyl (C=O) groups excluding carboxylic acids is 1. The Morgan fingerprint density at radius 3 is 2.38 bits per heavy atom. The van der Waals surface area contributed by atoms with E-state index in [1.54, 1.807) is 6.92 Å². The van der Waals surface area contributed by atoms with Crippen molar-refractivity contribution in [2.75, 3.05) is 5.32 Å². The van der Waals surface area contributed by atoms with E-state index in [1.807, 2.05) is 67.6 Å². The topological polar surface area (TPSA) is 64.4 Å². The quantitative estimate of drug-likeness (QED) is 0.737. The number of aromatic nitrogens is 1. The fourth-order valence-corrected chi connectivity index (χ4v) is 2.40. The lowest BCUT2D eigenvalue weighted by Crippen LogP contribution is -2.16. The van der Waals surface area contributed by atoms with E-state index in [9.17, 15) is 4.79 Å². The SMILES string of the molecule is Cc1onc(-c2ccccc2)c1NC(=O)O[C@@H](C)c1ccccc1. The van der Waals surface area contributed by atoms with Crippen molar-refractivity contribution in [1.82, 2.24) is 5.16 Å². The highest BCUT2D eigenvalue weighted by atomic mass is 16.6. The molecule has 1 N–H and O–H groups in total. The van der Waals surface area contributed by atoms with Crippen LogP contribution in [0.25, 0.3) is 11.3 Å². The summed E-state index contributed by atoms with van der Waals surface area (Å²) in [5.74, 6) is 0.526. The van der Waals surface area contributed by atoms with E-state index in [1.165, 1.54) is 0 Å². The molecule has 5 nitrogen and oxygen atoms in total. The zero-order valence-corrected chi connectivity index (χ0v) is 13.5. The molecular weight excluding hydrogens is 304 g/mol. The van der Waals surface area contributed by atoms with Gasteiger partial charge in [0, 0.05) is 5.56 Å². The number of hydrogen-bond donors (Lipinski definition) is 1. The van der Waals surface area contributed by atoms with Gasteiger partial charge in [0.05, 0.1) is 0 Å². The number of nitrogens with one attached hydrogen (secondary N) is 1. The van der Waals surface area contributed by atoms with Crippen LogP contribution in [0.1, 0.15) is 24.4 Å². The van der Waals surface area contributed by atoms with Gasteiger partial charge in [-0.15, -0.1) is 0 Å². The Morgan fingerprint density at radius 2 is 1.71 bits per heavy atom. The highest BCUT2D eigenvalue weighted by Gasteiger charge is 2.19. The van der Waals surface area contributed by atoms with Crippen LogP contribution in [-0.2, 0) is 4.74 Å². The lowest BCUT2D eigenvalue weighted by Gasteiger charge is -2.14. The Hall–Kier alpha value is -3.08. The molecule has 1 aromatic heterocycles. The lowest BCUT2D eigenvalue weighted by atomic mass is 10.1. The Kier molecular flexibility index (Phi) is 4.61. The van der Waals surface area contributed by atoms with Crippen molar-refractivity contribution in [1.29, 1.82) is 0 Å². The van der Waals surface area contributed by atoms with Crippen LogP contribution < -0.4 is 5.32 Å². The number of rotatable bonds is 4. The second-order valence-electron chi connectivity index (χ2n) is 5.41. The largest absolute Gasteiger partial charge is 0.441 e. The van der Waals surface area contributed by atoms with Crippen LogP contribution in [0.3, 0.4) is 0 Å². The molecule has 122 valence electrons. The summed E-state index contributed by atoms with van der Waals surface area (Å²) in [7, 11) is 0. The first kappa shape index (κ1) is 15.8. The minimum atomic E-state index is -0.546. The van der Waals surface area contributed by atoms with Crippen molar-refractivity contribution in [2.45, 2.75) is 20.0 Å². The second-order valence-corrected chi connectivity index (χ2v) is 5.41. The van der Waals surface area contributed by atoms with Gasteiger partial charge < -0.3 is 9.26 Å². The minimum absolute atomic E-state index is 0.355. The van der Waals surface area contributed by atoms with E-state index in [-0.39, 0.29) is 6.10 Å². The van der Waals surface area contributed by atoms with Gasteiger partial charge >= 0.3 is 6.09 Å². The third-order valence-electron chi connectivity index (χ3n) is 3.69. The van der Waals surface area contributed by atoms with Crippen LogP contribution in [0.2, 0.25) is 0 Å². The van der Waals surface area contributed by atoms with Crippen molar-refractivity contribution in [2.24, 2.45) is 0 Å². The molecule has 0 fully saturated rings. The third kappa shape index (κ3) is 3.46. The van der Waals surface area contributed by atoms with Gasteiger partial charge in [-0.25, -0.2) is 4.79 Å². The van der Waals surface area contributed by atoms with Gasteiger partial charge in [-0.3, -0.25) is 5.32 Å². The Labute approximate surface area is 140 Å². The van der Waals surface area contributed by atoms with E-state index in [2.05, 4.69) is 10.5 Å². The summed E-state index contributed by atoms with van der Waals surface area (Å²) in [6, 6.07) is 19.1. The lowest BCUT2D eigenvalue weighted by molar-refractivity contribution is 0.121. The van der Waals surface area contributed by atoms with E-state index >= 15 is 0 Å². The number of carbonyl (C=O) groups is 1. The maximum atomic E-state index is 12.2. The molecule has 0 aliphatic carbocycles. The average Bonchev–Trinajstić information content (AvgIpc) is 2.97. The van der Waals surface area contributed by atoms with Crippen LogP contribution >= 0.6 is 0 Å². The maximum Gasteiger partial charge on any atom is 0.412 e. The Bertz CT molecular complexity index is 813. The average molecular weight is 322 g/mol. The van der Waals surface area contributed by atoms with E-state index < -0.39 is 6.09 Å². The molecule has 3 rings (SSSR count). The van der Waals surface area contributed by atoms with Crippen LogP contribution in [0.5, 0.6) is 0 Å². The molecule has 0 saturated heterocycles. The van der Waals surface area contributed by atoms with Gasteiger partial charge in [-0.05, 0) is 19.4 Å². The number of aryl methyl sites for hydroxylation is 1. The van der Waals surface area contributed by atoms with Crippen molar-refractivity contribution < 1.29 is 14.1 Å². The van der Waals surface area contributed by atoms with Crippen molar-refractivity contribution in [3.8, 4) is 11.3 Å². The van der Waals surface area contributed by atoms with E-state index in [4.69, 9.17) is 9.26 Å². The Morgan fingerprint density at radius 1 is 1.08 bits per heavy atom. The summed E-state index contributed by atoms with van der Waals surface area (Å²) in [5.41, 5.74) is 2.89. The standard InChI is InChI=1S/C19H18N2O3/c1-13(15-9-5-3-6-10-15)23-19(22)20-17-14(2)24-21-18(17)16-11-7-4-8-12-16/h3-13H,1-2H3,(H,20,22)/t13-/m0/s1. The summed E-state index contributed by atoms with van der Waals surface area (Å²) in [6.45, 7) is 3.57. The molecule has 0 radical (unpaired) electrons. The van der Waals surface area contributed by atoms with Gasteiger partial charge in [0.1, 0.15) is 17.5 Å². The second kappa shape index (κ2) is 7.00. The number of nitrogens with zero attached hydrogens (tertiary/aromatic N) is 1. The number of anilines is 1. The Balaban J connectivity index is 1.74. The molecule has 0 saturated carbocycles. The molecule has 0 unspecified atom stereocenters. The molecule has 0 bridgehead atoms. The van der Waals surface area contributed by atoms with E-state index in [0.717, 1.165) is 11.1 Å². The molecule has 0 spiro atoms. The summed E-state index contributed by atoms with van der Waals surface area (Å²) >= 11 is 0. The summed E-state index contributed by atoms with van der Waals surface area (Å²) in [4.78, 5) is 12.2. The van der Waals surface area contributed by atoms with Gasteiger partial charge in [0.15, 0.2) is 5.76 Å². The molecule has 1 amide bonds. The normalized spacial score (nSPS) is 11.8. The van der Waals surface area contributed by atoms with Gasteiger partial charge in [0.25, 0.3) is 0 Å². The van der Waals surface area contributed by atoms with Crippen LogP contribution in [0.4, 0.5) is 10.5 Å². The van der Waals surface area contributed by atoms with Gasteiger partial charge in [0.2, 0.25) is 0 Å². The van der Waals surface area contributed by atoms with Crippen LogP contribution in [0, 0.1) is 6.92 Å². The summed E-state index contributed by atoms with van der Waals surface area (Å²) in [5, 5.41) is 6.77. The summed E-state index contributed by atoms with van der Waals surface area (Å²) < 4.78 is 10.7. The monoisotopic (exact) mass is 322 g/mol. The first-order valence-electron chi connectivity index (χ1n) is 7.69. The minimum Gasteiger partial charge on any atom is -0.441 e. The molecule has 5 heteroatoms. The molecule has 2 aromatic carbocycles. The van der Waals surface area contributed by atoms with Gasteiger partial charge in [-0.1, -0.05) is 65.8 Å². The number of hydrogen-bond acceptors (Lipinski definition) is 4. The number of ether oxygens (including phenoxy) is 1. The smallest absolute Gasteiger partial charge is 0.412 e. The van der Waals surface area contributed by atoms with E-state index in [0.29, 0.717) is 17.1 Å². The van der Waals surface area contributed by atoms with Gasteiger partial charge in [-0.2, -0.15) is 0 Å². The summed E-state index contributed by atoms with van der Waals surface area (Å²) in [6.07, 6.45) is -0.902. The molecule has 3 aromatic rings. The fraction of sp³-hybridized carbons (Fsp3) is 0.158. The third-order valence-corrected chi connectivity index (χ3v) is 3.69. The first-order valence-corrected chi connectivity index (χ1v) is 7.69. The van der Waals surface area contributed by atoms with Crippen LogP contribution in [-0.4, -0.2) is 11.2 Å². The number of benzene rings is 2. The fourth-order valence-electron chi connectivity index (χ4n) is 2.40. The highest BCUT2D eigenvalue weighted by molar-refractivity contribution is 5.91. The van der Waals surface area contributed by atoms with Crippen molar-refractivity contribution in [3.63, 3.8) is 0 Å². The van der Waals surface area contributed by atoms with Crippen molar-refractivity contribution in [3.05, 3.63) is 72.0 Å². The molecule has 1 heterocycles. The molecule has 1 atom stereocenters. The predicted octanol–water partition coefficient (Wildman–Crippen LogP) is 4.96. The highest BCUT2D eigenvalue weighted by Crippen LogP contribution is 2.30. The molecule has 0 aliphatic heterocycles. The molecule has 0 aliphatic rings. The first-order chi connectivity index (χ1) is 11.6. The zero-order chi connectivity index (χ0) is 16.9. The van der Waals surface area contributed by atoms with Crippen LogP contribution in [0.15, 0.2) is 65.2 Å². The maximum absolute atomic E-state index is 12.2.